The maximum atomic E-state index is 12.1. The van der Waals surface area contributed by atoms with E-state index in [2.05, 4.69) is 26.0 Å². The Morgan fingerprint density at radius 1 is 1.00 bits per heavy atom. The van der Waals surface area contributed by atoms with E-state index in [-0.39, 0.29) is 5.92 Å². The molecule has 0 bridgehead atoms. The lowest BCUT2D eigenvalue weighted by Crippen LogP contribution is -2.10. The van der Waals surface area contributed by atoms with Crippen LogP contribution in [-0.2, 0) is 6.42 Å². The zero-order valence-corrected chi connectivity index (χ0v) is 12.7. The molecule has 0 heterocycles. The smallest absolute Gasteiger partial charge is 0.165 e. The fraction of sp³-hybridized carbons (Fsp3) is 0.611. The minimum absolute atomic E-state index is 0.153. The van der Waals surface area contributed by atoms with E-state index >= 15 is 0 Å². The van der Waals surface area contributed by atoms with E-state index in [0.717, 1.165) is 24.8 Å². The summed E-state index contributed by atoms with van der Waals surface area (Å²) in [5, 5.41) is 0. The largest absolute Gasteiger partial charge is 0.294 e. The number of hydrogen-bond acceptors (Lipinski definition) is 1. The van der Waals surface area contributed by atoms with Crippen LogP contribution in [0.2, 0.25) is 0 Å². The molecule has 106 valence electrons. The van der Waals surface area contributed by atoms with Gasteiger partial charge in [-0.25, -0.2) is 0 Å². The van der Waals surface area contributed by atoms with Crippen LogP contribution < -0.4 is 0 Å². The monoisotopic (exact) mass is 260 g/mol. The van der Waals surface area contributed by atoms with Crippen molar-refractivity contribution in [2.75, 3.05) is 0 Å². The van der Waals surface area contributed by atoms with Crippen LogP contribution in [0.25, 0.3) is 0 Å². The Balaban J connectivity index is 2.49. The van der Waals surface area contributed by atoms with Crippen LogP contribution in [0.3, 0.4) is 0 Å². The lowest BCUT2D eigenvalue weighted by atomic mass is 9.94. The van der Waals surface area contributed by atoms with Gasteiger partial charge in [0.2, 0.25) is 0 Å². The van der Waals surface area contributed by atoms with Gasteiger partial charge in [0.25, 0.3) is 0 Å². The first-order valence-corrected chi connectivity index (χ1v) is 7.82. The molecular formula is C18H28O. The number of carbonyl (C=O) groups excluding carboxylic acids is 1. The van der Waals surface area contributed by atoms with Crippen LogP contribution in [0, 0.1) is 5.92 Å². The second-order valence-electron chi connectivity index (χ2n) is 5.56. The highest BCUT2D eigenvalue weighted by atomic mass is 16.1. The molecule has 0 saturated heterocycles. The number of Topliss-reactive ketones (excluding diaryl/α,β-unsaturated/α-hetero) is 1. The molecule has 0 radical (unpaired) electrons. The van der Waals surface area contributed by atoms with Gasteiger partial charge in [0.1, 0.15) is 0 Å². The average Bonchev–Trinajstić information content (AvgIpc) is 2.44. The summed E-state index contributed by atoms with van der Waals surface area (Å²) in [6.07, 6.45) is 8.37. The Hall–Kier alpha value is -1.11. The number of ketones is 1. The fourth-order valence-corrected chi connectivity index (χ4v) is 2.44. The quantitative estimate of drug-likeness (QED) is 0.427. The molecule has 0 fully saturated rings. The number of aryl methyl sites for hydroxylation is 1. The van der Waals surface area contributed by atoms with Crippen molar-refractivity contribution in [2.24, 2.45) is 5.92 Å². The second kappa shape index (κ2) is 8.90. The zero-order chi connectivity index (χ0) is 14.1. The molecule has 0 aromatic heterocycles. The minimum atomic E-state index is 0.153. The van der Waals surface area contributed by atoms with Crippen LogP contribution in [0.4, 0.5) is 0 Å². The Morgan fingerprint density at radius 3 is 2.26 bits per heavy atom. The first kappa shape index (κ1) is 15.9. The van der Waals surface area contributed by atoms with E-state index in [1.165, 1.54) is 31.2 Å². The molecule has 0 spiro atoms. The molecule has 1 unspecified atom stereocenters. The number of hydrogen-bond donors (Lipinski definition) is 0. The molecule has 1 rings (SSSR count). The highest BCUT2D eigenvalue weighted by Crippen LogP contribution is 2.15. The van der Waals surface area contributed by atoms with Gasteiger partial charge >= 0.3 is 0 Å². The first-order chi connectivity index (χ1) is 9.19. The SMILES string of the molecule is CCCCCCc1ccc(C(=O)C(C)CCC)cc1. The van der Waals surface area contributed by atoms with Gasteiger partial charge < -0.3 is 0 Å². The Bertz CT molecular complexity index is 364. The fourth-order valence-electron chi connectivity index (χ4n) is 2.44. The van der Waals surface area contributed by atoms with Crippen LogP contribution in [0.1, 0.15) is 75.2 Å². The van der Waals surface area contributed by atoms with E-state index in [1.54, 1.807) is 0 Å². The topological polar surface area (TPSA) is 17.1 Å². The molecule has 1 aromatic rings. The van der Waals surface area contributed by atoms with Crippen molar-refractivity contribution < 1.29 is 4.79 Å². The normalized spacial score (nSPS) is 12.4. The summed E-state index contributed by atoms with van der Waals surface area (Å²) >= 11 is 0. The molecule has 1 aromatic carbocycles. The van der Waals surface area contributed by atoms with Gasteiger partial charge in [-0.05, 0) is 24.8 Å². The molecule has 19 heavy (non-hydrogen) atoms. The summed E-state index contributed by atoms with van der Waals surface area (Å²) in [4.78, 5) is 12.1. The van der Waals surface area contributed by atoms with Gasteiger partial charge in [0, 0.05) is 11.5 Å². The Labute approximate surface area is 118 Å². The van der Waals surface area contributed by atoms with E-state index in [0.29, 0.717) is 5.78 Å². The van der Waals surface area contributed by atoms with E-state index in [9.17, 15) is 4.79 Å². The van der Waals surface area contributed by atoms with Gasteiger partial charge in [-0.15, -0.1) is 0 Å². The Morgan fingerprint density at radius 2 is 1.68 bits per heavy atom. The minimum Gasteiger partial charge on any atom is -0.294 e. The standard InChI is InChI=1S/C18H28O/c1-4-6-7-8-10-16-11-13-17(14-12-16)18(19)15(3)9-5-2/h11-15H,4-10H2,1-3H3. The molecule has 1 atom stereocenters. The molecule has 1 nitrogen and oxygen atoms in total. The molecule has 0 aliphatic heterocycles. The Kier molecular flexibility index (Phi) is 7.47. The molecule has 0 saturated carbocycles. The van der Waals surface area contributed by atoms with E-state index < -0.39 is 0 Å². The summed E-state index contributed by atoms with van der Waals surface area (Å²) in [6, 6.07) is 8.25. The van der Waals surface area contributed by atoms with E-state index in [1.807, 2.05) is 19.1 Å². The van der Waals surface area contributed by atoms with Crippen molar-refractivity contribution in [1.82, 2.24) is 0 Å². The number of benzene rings is 1. The van der Waals surface area contributed by atoms with Crippen LogP contribution in [0.5, 0.6) is 0 Å². The van der Waals surface area contributed by atoms with Crippen LogP contribution in [-0.4, -0.2) is 5.78 Å². The van der Waals surface area contributed by atoms with Crippen molar-refractivity contribution >= 4 is 5.78 Å². The lowest BCUT2D eigenvalue weighted by molar-refractivity contribution is 0.0923. The average molecular weight is 260 g/mol. The second-order valence-corrected chi connectivity index (χ2v) is 5.56. The van der Waals surface area contributed by atoms with Crippen molar-refractivity contribution in [2.45, 2.75) is 65.7 Å². The van der Waals surface area contributed by atoms with Gasteiger partial charge in [0.05, 0.1) is 0 Å². The summed E-state index contributed by atoms with van der Waals surface area (Å²) < 4.78 is 0. The molecular weight excluding hydrogens is 232 g/mol. The lowest BCUT2D eigenvalue weighted by Gasteiger charge is -2.09. The molecule has 0 N–H and O–H groups in total. The summed E-state index contributed by atoms with van der Waals surface area (Å²) in [7, 11) is 0. The van der Waals surface area contributed by atoms with Gasteiger partial charge in [0.15, 0.2) is 5.78 Å². The van der Waals surface area contributed by atoms with Crippen molar-refractivity contribution in [1.29, 1.82) is 0 Å². The summed E-state index contributed by atoms with van der Waals surface area (Å²) in [6.45, 7) is 6.39. The number of unbranched alkanes of at least 4 members (excludes halogenated alkanes) is 3. The molecule has 1 heteroatoms. The molecule has 0 aliphatic carbocycles. The predicted molar refractivity (Wildman–Crippen MR) is 82.7 cm³/mol. The molecule has 0 aliphatic rings. The van der Waals surface area contributed by atoms with Crippen LogP contribution >= 0.6 is 0 Å². The maximum absolute atomic E-state index is 12.1. The van der Waals surface area contributed by atoms with Gasteiger partial charge in [-0.1, -0.05) is 70.7 Å². The third-order valence-corrected chi connectivity index (χ3v) is 3.73. The van der Waals surface area contributed by atoms with Crippen molar-refractivity contribution in [3.63, 3.8) is 0 Å². The number of rotatable bonds is 9. The third kappa shape index (κ3) is 5.59. The van der Waals surface area contributed by atoms with Gasteiger partial charge in [-0.2, -0.15) is 0 Å². The highest BCUT2D eigenvalue weighted by molar-refractivity contribution is 5.97. The summed E-state index contributed by atoms with van der Waals surface area (Å²) in [5.41, 5.74) is 2.23. The predicted octanol–water partition coefficient (Wildman–Crippen LogP) is 5.43. The molecule has 0 amide bonds. The van der Waals surface area contributed by atoms with Crippen molar-refractivity contribution in [3.8, 4) is 0 Å². The van der Waals surface area contributed by atoms with Gasteiger partial charge in [-0.3, -0.25) is 4.79 Å². The summed E-state index contributed by atoms with van der Waals surface area (Å²) in [5.74, 6) is 0.444. The maximum Gasteiger partial charge on any atom is 0.165 e. The zero-order valence-electron chi connectivity index (χ0n) is 12.7. The third-order valence-electron chi connectivity index (χ3n) is 3.73. The van der Waals surface area contributed by atoms with Crippen LogP contribution in [0.15, 0.2) is 24.3 Å². The highest BCUT2D eigenvalue weighted by Gasteiger charge is 2.13. The van der Waals surface area contributed by atoms with Crippen molar-refractivity contribution in [3.05, 3.63) is 35.4 Å². The number of carbonyl (C=O) groups is 1. The van der Waals surface area contributed by atoms with E-state index in [4.69, 9.17) is 0 Å². The first-order valence-electron chi connectivity index (χ1n) is 7.82.